The van der Waals surface area contributed by atoms with Gasteiger partial charge in [0.25, 0.3) is 5.56 Å². The van der Waals surface area contributed by atoms with Gasteiger partial charge in [-0.1, -0.05) is 13.3 Å². The third kappa shape index (κ3) is 3.28. The maximum atomic E-state index is 13.2. The predicted octanol–water partition coefficient (Wildman–Crippen LogP) is 2.53. The summed E-state index contributed by atoms with van der Waals surface area (Å²) in [7, 11) is 3.74. The minimum Gasteiger partial charge on any atom is -0.494 e. The SMILES string of the molecule is CCCCn1c(O)c(C(C)=N)c(=O)n(C2CCC3(CC2)CC2(CN(C)C(=O)N2C)C3)c1=O. The van der Waals surface area contributed by atoms with E-state index in [1.54, 1.807) is 4.90 Å². The second kappa shape index (κ2) is 7.78. The molecular formula is C23H35N5O4. The van der Waals surface area contributed by atoms with E-state index in [0.29, 0.717) is 25.8 Å². The van der Waals surface area contributed by atoms with Gasteiger partial charge in [0, 0.05) is 38.9 Å². The first-order chi connectivity index (χ1) is 15.1. The molecule has 176 valence electrons. The van der Waals surface area contributed by atoms with E-state index in [4.69, 9.17) is 5.41 Å². The normalized spacial score (nSPS) is 29.8. The standard InChI is InChI=1S/C23H35N5O4/c1-5-6-11-27-18(29)17(15(2)24)19(30)28(21(27)32)16-7-9-22(10-8-16)12-23(13-22)14-25(3)20(31)26(23)4/h16,24,29H,5-14H2,1-4H3. The first-order valence-electron chi connectivity index (χ1n) is 11.7. The average Bonchev–Trinajstić information content (AvgIpc) is 2.92. The molecular weight excluding hydrogens is 410 g/mol. The minimum atomic E-state index is -0.554. The number of nitrogens with one attached hydrogen (secondary N) is 1. The minimum absolute atomic E-state index is 0.0298. The number of amides is 2. The lowest BCUT2D eigenvalue weighted by Crippen LogP contribution is -2.61. The summed E-state index contributed by atoms with van der Waals surface area (Å²) in [5.41, 5.74) is -1.04. The molecule has 0 aromatic carbocycles. The summed E-state index contributed by atoms with van der Waals surface area (Å²) in [5, 5.41) is 18.6. The molecule has 2 N–H and O–H groups in total. The molecule has 3 aliphatic rings. The first kappa shape index (κ1) is 22.6. The smallest absolute Gasteiger partial charge is 0.334 e. The van der Waals surface area contributed by atoms with Gasteiger partial charge in [0.1, 0.15) is 5.56 Å². The van der Waals surface area contributed by atoms with Crippen LogP contribution in [-0.4, -0.2) is 62.0 Å². The average molecular weight is 446 g/mol. The number of rotatable bonds is 5. The Balaban J connectivity index is 1.57. The molecule has 3 fully saturated rings. The van der Waals surface area contributed by atoms with Gasteiger partial charge in [0.05, 0.1) is 5.54 Å². The van der Waals surface area contributed by atoms with Gasteiger partial charge in [-0.2, -0.15) is 0 Å². The Morgan fingerprint density at radius 2 is 1.78 bits per heavy atom. The molecule has 0 unspecified atom stereocenters. The number of aromatic hydroxyl groups is 1. The van der Waals surface area contributed by atoms with Crippen molar-refractivity contribution in [2.24, 2.45) is 5.41 Å². The number of likely N-dealkylation sites (N-methyl/N-ethyl adjacent to an activating group) is 2. The molecule has 0 bridgehead atoms. The van der Waals surface area contributed by atoms with E-state index >= 15 is 0 Å². The first-order valence-corrected chi connectivity index (χ1v) is 11.7. The highest BCUT2D eigenvalue weighted by Crippen LogP contribution is 2.61. The molecule has 0 atom stereocenters. The van der Waals surface area contributed by atoms with Crippen LogP contribution in [0, 0.1) is 10.8 Å². The van der Waals surface area contributed by atoms with Gasteiger partial charge in [0.2, 0.25) is 5.88 Å². The van der Waals surface area contributed by atoms with Gasteiger partial charge < -0.3 is 20.3 Å². The molecule has 32 heavy (non-hydrogen) atoms. The van der Waals surface area contributed by atoms with Gasteiger partial charge in [-0.05, 0) is 57.3 Å². The predicted molar refractivity (Wildman–Crippen MR) is 122 cm³/mol. The molecule has 2 heterocycles. The lowest BCUT2D eigenvalue weighted by molar-refractivity contribution is -0.0659. The highest BCUT2D eigenvalue weighted by atomic mass is 16.3. The summed E-state index contributed by atoms with van der Waals surface area (Å²) < 4.78 is 2.55. The van der Waals surface area contributed by atoms with Crippen molar-refractivity contribution >= 4 is 11.7 Å². The Bertz CT molecular complexity index is 1060. The van der Waals surface area contributed by atoms with Crippen molar-refractivity contribution in [1.29, 1.82) is 5.41 Å². The second-order valence-electron chi connectivity index (χ2n) is 10.3. The molecule has 2 spiro atoms. The van der Waals surface area contributed by atoms with Gasteiger partial charge in [-0.25, -0.2) is 9.59 Å². The van der Waals surface area contributed by atoms with E-state index in [1.807, 2.05) is 25.9 Å². The summed E-state index contributed by atoms with van der Waals surface area (Å²) in [6.45, 7) is 4.55. The summed E-state index contributed by atoms with van der Waals surface area (Å²) in [4.78, 5) is 42.3. The number of carbonyl (C=O) groups is 1. The molecule has 0 radical (unpaired) electrons. The Labute approximate surface area is 188 Å². The van der Waals surface area contributed by atoms with Crippen LogP contribution in [0.5, 0.6) is 5.88 Å². The molecule has 2 aliphatic carbocycles. The highest BCUT2D eigenvalue weighted by Gasteiger charge is 2.61. The molecule has 9 nitrogen and oxygen atoms in total. The molecule has 9 heteroatoms. The van der Waals surface area contributed by atoms with Crippen molar-refractivity contribution in [3.05, 3.63) is 26.4 Å². The molecule has 2 saturated carbocycles. The van der Waals surface area contributed by atoms with Crippen LogP contribution in [-0.2, 0) is 6.54 Å². The third-order valence-electron chi connectivity index (χ3n) is 8.10. The number of carbonyl (C=O) groups excluding carboxylic acids is 1. The van der Waals surface area contributed by atoms with Crippen LogP contribution in [0.2, 0.25) is 0 Å². The van der Waals surface area contributed by atoms with Gasteiger partial charge >= 0.3 is 11.7 Å². The molecule has 1 saturated heterocycles. The van der Waals surface area contributed by atoms with E-state index in [2.05, 4.69) is 0 Å². The topological polar surface area (TPSA) is 112 Å². The number of hydrogen-bond donors (Lipinski definition) is 2. The van der Waals surface area contributed by atoms with Crippen molar-refractivity contribution in [1.82, 2.24) is 18.9 Å². The van der Waals surface area contributed by atoms with E-state index in [1.165, 1.54) is 16.1 Å². The Morgan fingerprint density at radius 1 is 1.16 bits per heavy atom. The zero-order chi connectivity index (χ0) is 23.4. The number of unbranched alkanes of at least 4 members (excludes halogenated alkanes) is 1. The largest absolute Gasteiger partial charge is 0.494 e. The molecule has 1 aromatic rings. The fourth-order valence-electron chi connectivity index (χ4n) is 6.42. The van der Waals surface area contributed by atoms with Crippen LogP contribution < -0.4 is 11.2 Å². The maximum absolute atomic E-state index is 13.2. The summed E-state index contributed by atoms with van der Waals surface area (Å²) in [6, 6.07) is -0.152. The van der Waals surface area contributed by atoms with Crippen LogP contribution in [0.1, 0.15) is 76.8 Å². The summed E-state index contributed by atoms with van der Waals surface area (Å²) >= 11 is 0. The van der Waals surface area contributed by atoms with Gasteiger partial charge in [-0.15, -0.1) is 0 Å². The molecule has 2 amide bonds. The summed E-state index contributed by atoms with van der Waals surface area (Å²) in [5.74, 6) is -0.386. The van der Waals surface area contributed by atoms with Crippen molar-refractivity contribution in [3.8, 4) is 5.88 Å². The maximum Gasteiger partial charge on any atom is 0.334 e. The quantitative estimate of drug-likeness (QED) is 0.678. The molecule has 1 aliphatic heterocycles. The number of urea groups is 1. The van der Waals surface area contributed by atoms with E-state index in [9.17, 15) is 19.5 Å². The molecule has 4 rings (SSSR count). The Morgan fingerprint density at radius 3 is 2.28 bits per heavy atom. The third-order valence-corrected chi connectivity index (χ3v) is 8.10. The van der Waals surface area contributed by atoms with Crippen LogP contribution in [0.15, 0.2) is 9.59 Å². The fourth-order valence-corrected chi connectivity index (χ4v) is 6.42. The zero-order valence-corrected chi connectivity index (χ0v) is 19.6. The second-order valence-corrected chi connectivity index (χ2v) is 10.3. The Hall–Kier alpha value is -2.58. The lowest BCUT2D eigenvalue weighted by Gasteiger charge is -2.59. The van der Waals surface area contributed by atoms with Crippen LogP contribution >= 0.6 is 0 Å². The highest BCUT2D eigenvalue weighted by molar-refractivity contribution is 5.97. The lowest BCUT2D eigenvalue weighted by atomic mass is 9.51. The van der Waals surface area contributed by atoms with Crippen LogP contribution in [0.4, 0.5) is 4.79 Å². The van der Waals surface area contributed by atoms with E-state index in [-0.39, 0.29) is 40.2 Å². The molecule has 1 aromatic heterocycles. The van der Waals surface area contributed by atoms with Crippen molar-refractivity contribution in [3.63, 3.8) is 0 Å². The van der Waals surface area contributed by atoms with E-state index < -0.39 is 11.2 Å². The van der Waals surface area contributed by atoms with Gasteiger partial charge in [0.15, 0.2) is 0 Å². The summed E-state index contributed by atoms with van der Waals surface area (Å²) in [6.07, 6.45) is 6.74. The van der Waals surface area contributed by atoms with E-state index in [0.717, 1.165) is 38.6 Å². The monoisotopic (exact) mass is 445 g/mol. The fraction of sp³-hybridized carbons (Fsp3) is 0.739. The van der Waals surface area contributed by atoms with Gasteiger partial charge in [-0.3, -0.25) is 13.9 Å². The Kier molecular flexibility index (Phi) is 5.49. The number of nitrogens with zero attached hydrogens (tertiary/aromatic N) is 4. The van der Waals surface area contributed by atoms with Crippen LogP contribution in [0.25, 0.3) is 0 Å². The number of hydrogen-bond acceptors (Lipinski definition) is 5. The van der Waals surface area contributed by atoms with Crippen molar-refractivity contribution < 1.29 is 9.90 Å². The van der Waals surface area contributed by atoms with Crippen LogP contribution in [0.3, 0.4) is 0 Å². The zero-order valence-electron chi connectivity index (χ0n) is 19.6. The van der Waals surface area contributed by atoms with Crippen molar-refractivity contribution in [2.45, 2.75) is 83.3 Å². The van der Waals surface area contributed by atoms with Crippen molar-refractivity contribution in [2.75, 3.05) is 20.6 Å². The number of aromatic nitrogens is 2.